The number of amides is 1. The Kier molecular flexibility index (Phi) is 16.5. The third-order valence-electron chi connectivity index (χ3n) is 4.15. The van der Waals surface area contributed by atoms with Crippen LogP contribution in [0.5, 0.6) is 0 Å². The fourth-order valence-electron chi connectivity index (χ4n) is 2.67. The van der Waals surface area contributed by atoms with Crippen LogP contribution in [0.25, 0.3) is 0 Å². The summed E-state index contributed by atoms with van der Waals surface area (Å²) in [7, 11) is 0. The smallest absolute Gasteiger partial charge is 0.303 e. The third-order valence-corrected chi connectivity index (χ3v) is 4.15. The van der Waals surface area contributed by atoms with Gasteiger partial charge in [-0.3, -0.25) is 9.59 Å². The normalized spacial score (nSPS) is 10.7. The Labute approximate surface area is 142 Å². The molecule has 136 valence electrons. The number of carboxylic acid groups (broad SMARTS) is 1. The molecule has 0 aliphatic rings. The quantitative estimate of drug-likeness (QED) is 0.367. The summed E-state index contributed by atoms with van der Waals surface area (Å²) in [6.07, 6.45) is 15.8. The molecule has 4 heteroatoms. The molecular weight excluding hydrogens is 290 g/mol. The van der Waals surface area contributed by atoms with Gasteiger partial charge in [-0.1, -0.05) is 71.1 Å². The van der Waals surface area contributed by atoms with Gasteiger partial charge in [-0.15, -0.1) is 0 Å². The average Bonchev–Trinajstić information content (AvgIpc) is 2.52. The predicted octanol–water partition coefficient (Wildman–Crippen LogP) is 5.06. The molecule has 0 radical (unpaired) electrons. The van der Waals surface area contributed by atoms with Crippen molar-refractivity contribution < 1.29 is 14.7 Å². The van der Waals surface area contributed by atoms with Crippen LogP contribution in [-0.4, -0.2) is 23.5 Å². The van der Waals surface area contributed by atoms with E-state index in [9.17, 15) is 9.59 Å². The molecule has 0 bridgehead atoms. The lowest BCUT2D eigenvalue weighted by molar-refractivity contribution is -0.137. The molecule has 0 unspecified atom stereocenters. The Bertz CT molecular complexity index is 292. The molecular formula is C19H37NO3. The Morgan fingerprint density at radius 2 is 1.17 bits per heavy atom. The van der Waals surface area contributed by atoms with E-state index < -0.39 is 5.97 Å². The van der Waals surface area contributed by atoms with Crippen molar-refractivity contribution in [3.63, 3.8) is 0 Å². The first kappa shape index (κ1) is 21.9. The highest BCUT2D eigenvalue weighted by Crippen LogP contribution is 2.09. The van der Waals surface area contributed by atoms with E-state index in [1.165, 1.54) is 51.4 Å². The van der Waals surface area contributed by atoms with Crippen LogP contribution in [0.2, 0.25) is 0 Å². The van der Waals surface area contributed by atoms with Crippen LogP contribution < -0.4 is 5.32 Å². The van der Waals surface area contributed by atoms with Crippen molar-refractivity contribution in [1.82, 2.24) is 5.32 Å². The minimum atomic E-state index is -0.687. The number of rotatable bonds is 17. The second-order valence-corrected chi connectivity index (χ2v) is 6.49. The molecule has 0 aliphatic heterocycles. The van der Waals surface area contributed by atoms with Crippen LogP contribution in [0.4, 0.5) is 0 Å². The van der Waals surface area contributed by atoms with Crippen LogP contribution in [0.3, 0.4) is 0 Å². The molecule has 0 aliphatic carbocycles. The van der Waals surface area contributed by atoms with Crippen molar-refractivity contribution in [2.24, 2.45) is 0 Å². The van der Waals surface area contributed by atoms with Gasteiger partial charge in [0.2, 0.25) is 5.91 Å². The third kappa shape index (κ3) is 18.9. The Morgan fingerprint density at radius 3 is 1.74 bits per heavy atom. The van der Waals surface area contributed by atoms with Gasteiger partial charge in [0.05, 0.1) is 0 Å². The zero-order valence-electron chi connectivity index (χ0n) is 15.1. The molecule has 0 spiro atoms. The monoisotopic (exact) mass is 327 g/mol. The molecule has 0 atom stereocenters. The van der Waals surface area contributed by atoms with Gasteiger partial charge < -0.3 is 10.4 Å². The summed E-state index contributed by atoms with van der Waals surface area (Å²) in [5, 5.41) is 11.5. The van der Waals surface area contributed by atoms with E-state index in [-0.39, 0.29) is 5.91 Å². The molecule has 0 fully saturated rings. The van der Waals surface area contributed by atoms with Crippen LogP contribution in [0, 0.1) is 0 Å². The summed E-state index contributed by atoms with van der Waals surface area (Å²) in [5.41, 5.74) is 0. The molecule has 0 rings (SSSR count). The number of nitrogens with one attached hydrogen (secondary N) is 1. The molecule has 4 nitrogen and oxygen atoms in total. The number of unbranched alkanes of at least 4 members (excludes halogenated alkanes) is 11. The van der Waals surface area contributed by atoms with Crippen molar-refractivity contribution in [3.8, 4) is 0 Å². The standard InChI is InChI=1S/C19H37NO3/c1-2-3-4-9-12-15-18(21)20-17-14-11-8-6-5-7-10-13-16-19(22)23/h2-17H2,1H3,(H,20,21)(H,22,23). The first-order valence-electron chi connectivity index (χ1n) is 9.65. The fourth-order valence-corrected chi connectivity index (χ4v) is 2.67. The highest BCUT2D eigenvalue weighted by atomic mass is 16.4. The summed E-state index contributed by atoms with van der Waals surface area (Å²) in [4.78, 5) is 22.0. The second kappa shape index (κ2) is 17.3. The lowest BCUT2D eigenvalue weighted by Gasteiger charge is -2.05. The molecule has 0 aromatic heterocycles. The number of aliphatic carboxylic acids is 1. The number of hydrogen-bond acceptors (Lipinski definition) is 2. The van der Waals surface area contributed by atoms with Crippen LogP contribution in [-0.2, 0) is 9.59 Å². The first-order valence-corrected chi connectivity index (χ1v) is 9.65. The van der Waals surface area contributed by atoms with E-state index in [4.69, 9.17) is 5.11 Å². The topological polar surface area (TPSA) is 66.4 Å². The largest absolute Gasteiger partial charge is 0.481 e. The number of carboxylic acids is 1. The highest BCUT2D eigenvalue weighted by Gasteiger charge is 2.00. The molecule has 0 saturated heterocycles. The zero-order valence-corrected chi connectivity index (χ0v) is 15.1. The van der Waals surface area contributed by atoms with Crippen LogP contribution in [0.15, 0.2) is 0 Å². The van der Waals surface area contributed by atoms with Crippen molar-refractivity contribution in [3.05, 3.63) is 0 Å². The molecule has 0 aromatic carbocycles. The molecule has 23 heavy (non-hydrogen) atoms. The van der Waals surface area contributed by atoms with E-state index in [1.54, 1.807) is 0 Å². The van der Waals surface area contributed by atoms with Gasteiger partial charge in [0.15, 0.2) is 0 Å². The summed E-state index contributed by atoms with van der Waals surface area (Å²) in [6.45, 7) is 3.01. The van der Waals surface area contributed by atoms with Gasteiger partial charge in [-0.25, -0.2) is 0 Å². The van der Waals surface area contributed by atoms with Crippen LogP contribution >= 0.6 is 0 Å². The lowest BCUT2D eigenvalue weighted by Crippen LogP contribution is -2.23. The van der Waals surface area contributed by atoms with Gasteiger partial charge >= 0.3 is 5.97 Å². The number of carbonyl (C=O) groups is 2. The van der Waals surface area contributed by atoms with E-state index in [1.807, 2.05) is 0 Å². The van der Waals surface area contributed by atoms with Crippen molar-refractivity contribution in [2.75, 3.05) is 6.54 Å². The van der Waals surface area contributed by atoms with Crippen molar-refractivity contribution in [2.45, 2.75) is 103 Å². The van der Waals surface area contributed by atoms with E-state index >= 15 is 0 Å². The van der Waals surface area contributed by atoms with Gasteiger partial charge in [0.1, 0.15) is 0 Å². The predicted molar refractivity (Wildman–Crippen MR) is 95.6 cm³/mol. The number of carbonyl (C=O) groups excluding carboxylic acids is 1. The van der Waals surface area contributed by atoms with Gasteiger partial charge in [0.25, 0.3) is 0 Å². The van der Waals surface area contributed by atoms with E-state index in [2.05, 4.69) is 12.2 Å². The van der Waals surface area contributed by atoms with E-state index in [0.717, 1.165) is 38.6 Å². The SMILES string of the molecule is CCCCCCCC(=O)NCCCCCCCCCCC(=O)O. The molecule has 0 heterocycles. The summed E-state index contributed by atoms with van der Waals surface area (Å²) in [6, 6.07) is 0. The summed E-state index contributed by atoms with van der Waals surface area (Å²) in [5.74, 6) is -0.479. The van der Waals surface area contributed by atoms with Gasteiger partial charge in [-0.2, -0.15) is 0 Å². The highest BCUT2D eigenvalue weighted by molar-refractivity contribution is 5.75. The zero-order chi connectivity index (χ0) is 17.2. The van der Waals surface area contributed by atoms with Gasteiger partial charge in [-0.05, 0) is 19.3 Å². The number of hydrogen-bond donors (Lipinski definition) is 2. The van der Waals surface area contributed by atoms with Crippen molar-refractivity contribution >= 4 is 11.9 Å². The maximum Gasteiger partial charge on any atom is 0.303 e. The Morgan fingerprint density at radius 1 is 0.696 bits per heavy atom. The maximum atomic E-state index is 11.6. The summed E-state index contributed by atoms with van der Waals surface area (Å²) >= 11 is 0. The first-order chi connectivity index (χ1) is 11.2. The lowest BCUT2D eigenvalue weighted by atomic mass is 10.1. The Hall–Kier alpha value is -1.06. The minimum absolute atomic E-state index is 0.208. The van der Waals surface area contributed by atoms with Crippen molar-refractivity contribution in [1.29, 1.82) is 0 Å². The molecule has 1 amide bonds. The summed E-state index contributed by atoms with van der Waals surface area (Å²) < 4.78 is 0. The van der Waals surface area contributed by atoms with Crippen LogP contribution in [0.1, 0.15) is 103 Å². The maximum absolute atomic E-state index is 11.6. The van der Waals surface area contributed by atoms with Gasteiger partial charge in [0, 0.05) is 19.4 Å². The Balaban J connectivity index is 3.14. The molecule has 0 saturated carbocycles. The van der Waals surface area contributed by atoms with E-state index in [0.29, 0.717) is 12.8 Å². The minimum Gasteiger partial charge on any atom is -0.481 e. The average molecular weight is 328 g/mol. The second-order valence-electron chi connectivity index (χ2n) is 6.49. The fraction of sp³-hybridized carbons (Fsp3) is 0.895. The molecule has 2 N–H and O–H groups in total. The molecule has 0 aromatic rings.